The Kier molecular flexibility index (Phi) is 8.14. The number of nitrogens with one attached hydrogen (secondary N) is 5. The predicted octanol–water partition coefficient (Wildman–Crippen LogP) is 4.94. The first kappa shape index (κ1) is 27.2. The summed E-state index contributed by atoms with van der Waals surface area (Å²) in [6.07, 6.45) is 4.73. The molecule has 0 spiro atoms. The molecule has 1 amide bonds. The van der Waals surface area contributed by atoms with E-state index in [1.807, 2.05) is 64.1 Å². The molecule has 10 heteroatoms. The minimum absolute atomic E-state index is 0.303. The number of fused-ring (bicyclic) bond motifs is 1. The lowest BCUT2D eigenvalue weighted by Crippen LogP contribution is -2.31. The van der Waals surface area contributed by atoms with Crippen molar-refractivity contribution in [3.8, 4) is 0 Å². The Hall–Kier alpha value is -4.86. The number of carbonyl (C=O) groups is 1. The summed E-state index contributed by atoms with van der Waals surface area (Å²) in [5.74, 6) is 1.10. The Bertz CT molecular complexity index is 1530. The van der Waals surface area contributed by atoms with Gasteiger partial charge in [-0.3, -0.25) is 4.79 Å². The predicted molar refractivity (Wildman–Crippen MR) is 155 cm³/mol. The highest BCUT2D eigenvalue weighted by molar-refractivity contribution is 6.00. The molecule has 0 aliphatic rings. The van der Waals surface area contributed by atoms with Gasteiger partial charge in [0.05, 0.1) is 6.20 Å². The molecule has 0 radical (unpaired) electrons. The number of allylic oxidation sites excluding steroid dienone is 1. The number of hydrogen-bond donors (Lipinski definition) is 5. The summed E-state index contributed by atoms with van der Waals surface area (Å²) in [5, 5.41) is 20.6. The van der Waals surface area contributed by atoms with E-state index in [4.69, 9.17) is 5.41 Å². The number of nitrogens with zero attached hydrogens (tertiary/aromatic N) is 4. The van der Waals surface area contributed by atoms with Gasteiger partial charge in [-0.15, -0.1) is 0 Å². The van der Waals surface area contributed by atoms with Crippen molar-refractivity contribution in [1.82, 2.24) is 30.6 Å². The van der Waals surface area contributed by atoms with Crippen LogP contribution in [0.5, 0.6) is 0 Å². The zero-order valence-electron chi connectivity index (χ0n) is 22.8. The van der Waals surface area contributed by atoms with Gasteiger partial charge in [-0.05, 0) is 36.3 Å². The minimum atomic E-state index is -0.339. The van der Waals surface area contributed by atoms with Crippen molar-refractivity contribution in [3.63, 3.8) is 0 Å². The largest absolute Gasteiger partial charge is 0.375 e. The molecule has 0 bridgehead atoms. The Balaban J connectivity index is 1.56. The summed E-state index contributed by atoms with van der Waals surface area (Å²) >= 11 is 0. The third kappa shape index (κ3) is 6.92. The first-order chi connectivity index (χ1) is 18.6. The lowest BCUT2D eigenvalue weighted by atomic mass is 9.90. The summed E-state index contributed by atoms with van der Waals surface area (Å²) in [4.78, 5) is 30.8. The van der Waals surface area contributed by atoms with Crippen LogP contribution in [0.1, 0.15) is 42.3 Å². The Labute approximate surface area is 227 Å². The van der Waals surface area contributed by atoms with Crippen molar-refractivity contribution in [2.45, 2.75) is 34.2 Å². The number of aryl methyl sites for hydroxylation is 1. The van der Waals surface area contributed by atoms with E-state index < -0.39 is 0 Å². The fourth-order valence-corrected chi connectivity index (χ4v) is 3.56. The average molecular weight is 524 g/mol. The summed E-state index contributed by atoms with van der Waals surface area (Å²) < 4.78 is 0. The molecule has 2 aromatic carbocycles. The van der Waals surface area contributed by atoms with Gasteiger partial charge in [0.1, 0.15) is 23.2 Å². The van der Waals surface area contributed by atoms with Gasteiger partial charge in [-0.25, -0.2) is 19.9 Å². The van der Waals surface area contributed by atoms with Crippen LogP contribution in [-0.4, -0.2) is 38.6 Å². The van der Waals surface area contributed by atoms with Crippen LogP contribution in [0.25, 0.3) is 11.0 Å². The van der Waals surface area contributed by atoms with E-state index in [0.29, 0.717) is 52.1 Å². The topological polar surface area (TPSA) is 141 Å². The smallest absolute Gasteiger partial charge is 0.256 e. The van der Waals surface area contributed by atoms with E-state index in [2.05, 4.69) is 41.2 Å². The molecule has 4 aromatic rings. The molecular formula is C29H33N9O. The van der Waals surface area contributed by atoms with Gasteiger partial charge in [0, 0.05) is 36.0 Å². The third-order valence-corrected chi connectivity index (χ3v) is 6.04. The molecule has 0 fully saturated rings. The summed E-state index contributed by atoms with van der Waals surface area (Å²) in [5.41, 5.74) is 4.40. The zero-order valence-corrected chi connectivity index (χ0v) is 22.8. The van der Waals surface area contributed by atoms with Crippen molar-refractivity contribution in [2.24, 2.45) is 5.41 Å². The molecule has 0 unspecified atom stereocenters. The van der Waals surface area contributed by atoms with Crippen molar-refractivity contribution in [2.75, 3.05) is 17.7 Å². The van der Waals surface area contributed by atoms with Crippen LogP contribution >= 0.6 is 0 Å². The van der Waals surface area contributed by atoms with Crippen LogP contribution in [0.2, 0.25) is 0 Å². The molecule has 0 aliphatic heterocycles. The molecule has 0 atom stereocenters. The molecule has 0 aliphatic carbocycles. The molecule has 4 rings (SSSR count). The molecule has 5 N–H and O–H groups in total. The second-order valence-electron chi connectivity index (χ2n) is 10.1. The Morgan fingerprint density at radius 2 is 1.82 bits per heavy atom. The lowest BCUT2D eigenvalue weighted by Gasteiger charge is -2.19. The van der Waals surface area contributed by atoms with Crippen molar-refractivity contribution < 1.29 is 4.79 Å². The number of carbonyl (C=O) groups excluding carboxylic acids is 1. The average Bonchev–Trinajstić information content (AvgIpc) is 2.92. The van der Waals surface area contributed by atoms with Crippen LogP contribution < -0.4 is 21.3 Å². The van der Waals surface area contributed by atoms with Crippen LogP contribution in [0.3, 0.4) is 0 Å². The molecule has 200 valence electrons. The monoisotopic (exact) mass is 523 g/mol. The van der Waals surface area contributed by atoms with Gasteiger partial charge >= 0.3 is 0 Å². The standard InChI is InChI=1S/C29H33N9O/c1-18-11-12-20(27(39)37-24(31-5)14-23(30)29(2,3)4)13-21(18)36-26-25-22(34-17-35-26)16-33-28(38-25)32-15-19-9-7-6-8-10-19/h6-14,16-17,30-31H,15H2,1-5H3,(H,37,39)(H,32,33,38)(H,34,35,36)/b24-14+,30-23?. The van der Waals surface area contributed by atoms with E-state index in [0.717, 1.165) is 11.1 Å². The first-order valence-electron chi connectivity index (χ1n) is 12.6. The molecule has 0 saturated carbocycles. The number of amides is 1. The van der Waals surface area contributed by atoms with Gasteiger partial charge in [0.2, 0.25) is 5.95 Å². The van der Waals surface area contributed by atoms with Crippen molar-refractivity contribution in [3.05, 3.63) is 89.6 Å². The Morgan fingerprint density at radius 1 is 1.05 bits per heavy atom. The van der Waals surface area contributed by atoms with Crippen LogP contribution in [0.4, 0.5) is 17.5 Å². The SMILES string of the molecule is CN/C(=C\C(=N)C(C)(C)C)NC(=O)c1ccc(C)c(Nc2ncnc3cnc(NCc4ccccc4)nc23)c1. The highest BCUT2D eigenvalue weighted by Crippen LogP contribution is 2.25. The maximum absolute atomic E-state index is 13.1. The summed E-state index contributed by atoms with van der Waals surface area (Å²) in [7, 11) is 1.70. The molecule has 2 aromatic heterocycles. The third-order valence-electron chi connectivity index (χ3n) is 6.04. The normalized spacial score (nSPS) is 11.7. The number of anilines is 3. The van der Waals surface area contributed by atoms with Crippen LogP contribution in [0, 0.1) is 17.7 Å². The van der Waals surface area contributed by atoms with Crippen LogP contribution in [0.15, 0.2) is 73.0 Å². The highest BCUT2D eigenvalue weighted by Gasteiger charge is 2.17. The number of hydrogen-bond acceptors (Lipinski definition) is 9. The molecule has 39 heavy (non-hydrogen) atoms. The molecular weight excluding hydrogens is 490 g/mol. The number of rotatable bonds is 9. The van der Waals surface area contributed by atoms with Gasteiger partial charge in [-0.1, -0.05) is 57.2 Å². The second-order valence-corrected chi connectivity index (χ2v) is 10.1. The van der Waals surface area contributed by atoms with Gasteiger partial charge in [0.25, 0.3) is 5.91 Å². The number of aromatic nitrogens is 4. The van der Waals surface area contributed by atoms with E-state index in [-0.39, 0.29) is 11.3 Å². The fourth-order valence-electron chi connectivity index (χ4n) is 3.56. The van der Waals surface area contributed by atoms with E-state index >= 15 is 0 Å². The highest BCUT2D eigenvalue weighted by atomic mass is 16.1. The van der Waals surface area contributed by atoms with Crippen LogP contribution in [-0.2, 0) is 6.54 Å². The Morgan fingerprint density at radius 3 is 2.54 bits per heavy atom. The number of benzene rings is 2. The van der Waals surface area contributed by atoms with Gasteiger partial charge in [0.15, 0.2) is 5.82 Å². The van der Waals surface area contributed by atoms with Crippen molar-refractivity contribution in [1.29, 1.82) is 5.41 Å². The summed E-state index contributed by atoms with van der Waals surface area (Å²) in [6, 6.07) is 15.4. The molecule has 10 nitrogen and oxygen atoms in total. The maximum Gasteiger partial charge on any atom is 0.256 e. The van der Waals surface area contributed by atoms with Gasteiger partial charge < -0.3 is 26.7 Å². The van der Waals surface area contributed by atoms with Gasteiger partial charge in [-0.2, -0.15) is 0 Å². The molecule has 2 heterocycles. The first-order valence-corrected chi connectivity index (χ1v) is 12.6. The molecule has 0 saturated heterocycles. The van der Waals surface area contributed by atoms with Crippen molar-refractivity contribution >= 4 is 40.1 Å². The minimum Gasteiger partial charge on any atom is -0.375 e. The second kappa shape index (κ2) is 11.7. The van der Waals surface area contributed by atoms with E-state index in [1.54, 1.807) is 31.5 Å². The zero-order chi connectivity index (χ0) is 28.0. The fraction of sp³-hybridized carbons (Fsp3) is 0.241. The lowest BCUT2D eigenvalue weighted by molar-refractivity contribution is 0.0963. The van der Waals surface area contributed by atoms with E-state index in [1.165, 1.54) is 6.33 Å². The summed E-state index contributed by atoms with van der Waals surface area (Å²) in [6.45, 7) is 8.37. The maximum atomic E-state index is 13.1. The quantitative estimate of drug-likeness (QED) is 0.194. The van der Waals surface area contributed by atoms with E-state index in [9.17, 15) is 4.79 Å².